The molecule has 2 heteroatoms. The van der Waals surface area contributed by atoms with Crippen LogP contribution in [0.25, 0.3) is 0 Å². The standard InChI is InChI=1S/C16H24BrN/c1-3-16(14-9-6-10-15(17)11-14)18-12(2)13-7-4-5-8-13/h6,9-13,16,18H,3-5,7-8H2,1-2H3/t12-,16?/m1/s1. The molecule has 2 rings (SSSR count). The van der Waals surface area contributed by atoms with Crippen molar-refractivity contribution in [2.45, 2.75) is 58.0 Å². The first-order valence-corrected chi connectivity index (χ1v) is 8.01. The average molecular weight is 310 g/mol. The zero-order chi connectivity index (χ0) is 13.0. The van der Waals surface area contributed by atoms with E-state index in [9.17, 15) is 0 Å². The third-order valence-corrected chi connectivity index (χ3v) is 4.72. The largest absolute Gasteiger partial charge is 0.307 e. The van der Waals surface area contributed by atoms with E-state index in [0.717, 1.165) is 12.3 Å². The Labute approximate surface area is 119 Å². The lowest BCUT2D eigenvalue weighted by Crippen LogP contribution is -2.35. The highest BCUT2D eigenvalue weighted by Crippen LogP contribution is 2.29. The van der Waals surface area contributed by atoms with Crippen molar-refractivity contribution in [2.24, 2.45) is 5.92 Å². The lowest BCUT2D eigenvalue weighted by Gasteiger charge is -2.27. The molecule has 0 heterocycles. The third-order valence-electron chi connectivity index (χ3n) is 4.23. The maximum atomic E-state index is 3.83. The molecule has 1 aromatic carbocycles. The minimum atomic E-state index is 0.484. The highest BCUT2D eigenvalue weighted by molar-refractivity contribution is 9.10. The number of benzene rings is 1. The number of hydrogen-bond donors (Lipinski definition) is 1. The molecular formula is C16H24BrN. The smallest absolute Gasteiger partial charge is 0.0320 e. The topological polar surface area (TPSA) is 12.0 Å². The summed E-state index contributed by atoms with van der Waals surface area (Å²) < 4.78 is 1.17. The van der Waals surface area contributed by atoms with Crippen molar-refractivity contribution >= 4 is 15.9 Å². The van der Waals surface area contributed by atoms with E-state index in [4.69, 9.17) is 0 Å². The molecule has 2 atom stereocenters. The molecule has 0 aliphatic heterocycles. The lowest BCUT2D eigenvalue weighted by molar-refractivity contribution is 0.339. The van der Waals surface area contributed by atoms with Crippen LogP contribution in [0.5, 0.6) is 0 Å². The molecule has 0 radical (unpaired) electrons. The van der Waals surface area contributed by atoms with Crippen LogP contribution in [-0.4, -0.2) is 6.04 Å². The van der Waals surface area contributed by atoms with Gasteiger partial charge in [-0.3, -0.25) is 0 Å². The van der Waals surface area contributed by atoms with Gasteiger partial charge in [-0.1, -0.05) is 47.8 Å². The van der Waals surface area contributed by atoms with Crippen LogP contribution in [0.1, 0.15) is 57.6 Å². The van der Waals surface area contributed by atoms with Crippen molar-refractivity contribution < 1.29 is 0 Å². The summed E-state index contributed by atoms with van der Waals surface area (Å²) in [5.74, 6) is 0.881. The van der Waals surface area contributed by atoms with Gasteiger partial charge in [-0.15, -0.1) is 0 Å². The summed E-state index contributed by atoms with van der Waals surface area (Å²) in [4.78, 5) is 0. The van der Waals surface area contributed by atoms with E-state index in [1.54, 1.807) is 0 Å². The van der Waals surface area contributed by atoms with Crippen molar-refractivity contribution in [3.63, 3.8) is 0 Å². The Hall–Kier alpha value is -0.340. The van der Waals surface area contributed by atoms with Gasteiger partial charge in [-0.2, -0.15) is 0 Å². The Bertz CT molecular complexity index is 371. The third kappa shape index (κ3) is 3.58. The molecule has 1 saturated carbocycles. The van der Waals surface area contributed by atoms with E-state index in [0.29, 0.717) is 12.1 Å². The van der Waals surface area contributed by atoms with E-state index in [2.05, 4.69) is 59.4 Å². The van der Waals surface area contributed by atoms with Crippen LogP contribution in [0.3, 0.4) is 0 Å². The molecule has 100 valence electrons. The van der Waals surface area contributed by atoms with Gasteiger partial charge in [0, 0.05) is 16.6 Å². The fourth-order valence-electron chi connectivity index (χ4n) is 3.08. The minimum absolute atomic E-state index is 0.484. The Balaban J connectivity index is 2.00. The number of hydrogen-bond acceptors (Lipinski definition) is 1. The summed E-state index contributed by atoms with van der Waals surface area (Å²) in [6.07, 6.45) is 6.80. The average Bonchev–Trinajstić information content (AvgIpc) is 2.89. The van der Waals surface area contributed by atoms with Gasteiger partial charge in [0.15, 0.2) is 0 Å². The predicted molar refractivity (Wildman–Crippen MR) is 81.7 cm³/mol. The molecule has 1 fully saturated rings. The van der Waals surface area contributed by atoms with E-state index >= 15 is 0 Å². The van der Waals surface area contributed by atoms with Crippen molar-refractivity contribution in [3.8, 4) is 0 Å². The van der Waals surface area contributed by atoms with Crippen LogP contribution in [0, 0.1) is 5.92 Å². The van der Waals surface area contributed by atoms with Gasteiger partial charge >= 0.3 is 0 Å². The van der Waals surface area contributed by atoms with Gasteiger partial charge in [0.2, 0.25) is 0 Å². The Morgan fingerprint density at radius 3 is 2.67 bits per heavy atom. The molecule has 0 amide bonds. The number of halogens is 1. The maximum Gasteiger partial charge on any atom is 0.0320 e. The van der Waals surface area contributed by atoms with Gasteiger partial charge in [-0.05, 0) is 49.8 Å². The number of nitrogens with one attached hydrogen (secondary N) is 1. The zero-order valence-corrected chi connectivity index (χ0v) is 13.0. The van der Waals surface area contributed by atoms with Crippen LogP contribution < -0.4 is 5.32 Å². The maximum absolute atomic E-state index is 3.83. The SMILES string of the molecule is CCC(N[C@H](C)C1CCCC1)c1cccc(Br)c1. The molecule has 0 spiro atoms. The summed E-state index contributed by atoms with van der Waals surface area (Å²) in [6.45, 7) is 4.62. The molecule has 1 unspecified atom stereocenters. The van der Waals surface area contributed by atoms with Crippen molar-refractivity contribution in [1.82, 2.24) is 5.32 Å². The second-order valence-electron chi connectivity index (χ2n) is 5.52. The van der Waals surface area contributed by atoms with Crippen LogP contribution in [0.4, 0.5) is 0 Å². The second-order valence-corrected chi connectivity index (χ2v) is 6.43. The van der Waals surface area contributed by atoms with Crippen molar-refractivity contribution in [1.29, 1.82) is 0 Å². The summed E-state index contributed by atoms with van der Waals surface area (Å²) in [6, 6.07) is 9.81. The summed E-state index contributed by atoms with van der Waals surface area (Å²) in [5, 5.41) is 3.83. The lowest BCUT2D eigenvalue weighted by atomic mass is 9.96. The highest BCUT2D eigenvalue weighted by atomic mass is 79.9. The first-order chi connectivity index (χ1) is 8.70. The van der Waals surface area contributed by atoms with Gasteiger partial charge < -0.3 is 5.32 Å². The molecule has 1 nitrogen and oxygen atoms in total. The minimum Gasteiger partial charge on any atom is -0.307 e. The van der Waals surface area contributed by atoms with Crippen LogP contribution in [-0.2, 0) is 0 Å². The fourth-order valence-corrected chi connectivity index (χ4v) is 3.50. The summed E-state index contributed by atoms with van der Waals surface area (Å²) in [7, 11) is 0. The second kappa shape index (κ2) is 6.72. The Morgan fingerprint density at radius 2 is 2.06 bits per heavy atom. The normalized spacial score (nSPS) is 19.9. The summed E-state index contributed by atoms with van der Waals surface area (Å²) >= 11 is 3.56. The molecule has 0 saturated heterocycles. The first-order valence-electron chi connectivity index (χ1n) is 7.22. The first kappa shape index (κ1) is 14.1. The summed E-state index contributed by atoms with van der Waals surface area (Å²) in [5.41, 5.74) is 1.40. The van der Waals surface area contributed by atoms with E-state index < -0.39 is 0 Å². The van der Waals surface area contributed by atoms with Gasteiger partial charge in [0.1, 0.15) is 0 Å². The van der Waals surface area contributed by atoms with E-state index in [-0.39, 0.29) is 0 Å². The van der Waals surface area contributed by atoms with Crippen molar-refractivity contribution in [2.75, 3.05) is 0 Å². The van der Waals surface area contributed by atoms with Gasteiger partial charge in [0.05, 0.1) is 0 Å². The zero-order valence-electron chi connectivity index (χ0n) is 11.5. The molecule has 1 aliphatic carbocycles. The highest BCUT2D eigenvalue weighted by Gasteiger charge is 2.23. The molecule has 1 aromatic rings. The predicted octanol–water partition coefficient (Wildman–Crippen LogP) is 5.07. The van der Waals surface area contributed by atoms with E-state index in [1.807, 2.05) is 0 Å². The Morgan fingerprint density at radius 1 is 1.33 bits per heavy atom. The van der Waals surface area contributed by atoms with Crippen LogP contribution in [0.15, 0.2) is 28.7 Å². The molecule has 0 aromatic heterocycles. The quantitative estimate of drug-likeness (QED) is 0.801. The monoisotopic (exact) mass is 309 g/mol. The van der Waals surface area contributed by atoms with Gasteiger partial charge in [0.25, 0.3) is 0 Å². The van der Waals surface area contributed by atoms with Crippen LogP contribution >= 0.6 is 15.9 Å². The van der Waals surface area contributed by atoms with E-state index in [1.165, 1.54) is 35.7 Å². The Kier molecular flexibility index (Phi) is 5.25. The number of rotatable bonds is 5. The van der Waals surface area contributed by atoms with Crippen LogP contribution in [0.2, 0.25) is 0 Å². The fraction of sp³-hybridized carbons (Fsp3) is 0.625. The molecule has 0 bridgehead atoms. The molecule has 1 aliphatic rings. The van der Waals surface area contributed by atoms with Crippen molar-refractivity contribution in [3.05, 3.63) is 34.3 Å². The molecular weight excluding hydrogens is 286 g/mol. The molecule has 1 N–H and O–H groups in total. The molecule has 18 heavy (non-hydrogen) atoms. The van der Waals surface area contributed by atoms with Gasteiger partial charge in [-0.25, -0.2) is 0 Å².